The van der Waals surface area contributed by atoms with Gasteiger partial charge in [-0.1, -0.05) is 37.3 Å². The standard InChI is InChI=1S/C25H30F2N2O4S/c1-2-20-8-9-24(16-6-4-3-5-7-16)34(32,33)29(20)15-18-11-22(26)17(10-23(18)27)12-25(31)28-19-13-21(30)14-19/h3-7,10-11,19-21,24,30H,2,8-9,12-15H2,1H3,(H,28,31). The predicted octanol–water partition coefficient (Wildman–Crippen LogP) is 3.59. The van der Waals surface area contributed by atoms with Crippen molar-refractivity contribution in [2.45, 2.75) is 75.4 Å². The molecule has 4 rings (SSSR count). The van der Waals surface area contributed by atoms with Gasteiger partial charge in [-0.2, -0.15) is 4.31 Å². The first-order valence-corrected chi connectivity index (χ1v) is 13.2. The van der Waals surface area contributed by atoms with Gasteiger partial charge < -0.3 is 10.4 Å². The van der Waals surface area contributed by atoms with Crippen molar-refractivity contribution in [3.05, 3.63) is 70.8 Å². The Balaban J connectivity index is 1.53. The highest BCUT2D eigenvalue weighted by atomic mass is 32.2. The van der Waals surface area contributed by atoms with E-state index in [9.17, 15) is 27.1 Å². The van der Waals surface area contributed by atoms with Crippen LogP contribution in [0.15, 0.2) is 42.5 Å². The molecule has 6 nitrogen and oxygen atoms in total. The number of nitrogens with zero attached hydrogens (tertiary/aromatic N) is 1. The van der Waals surface area contributed by atoms with Crippen molar-refractivity contribution >= 4 is 15.9 Å². The van der Waals surface area contributed by atoms with Gasteiger partial charge in [0.05, 0.1) is 12.5 Å². The molecule has 2 fully saturated rings. The number of aliphatic hydroxyl groups is 1. The van der Waals surface area contributed by atoms with Crippen molar-refractivity contribution in [2.24, 2.45) is 0 Å². The lowest BCUT2D eigenvalue weighted by Gasteiger charge is -2.39. The molecule has 2 unspecified atom stereocenters. The van der Waals surface area contributed by atoms with Gasteiger partial charge >= 0.3 is 0 Å². The maximum atomic E-state index is 15.0. The second-order valence-corrected chi connectivity index (χ2v) is 11.3. The molecule has 9 heteroatoms. The number of amides is 1. The summed E-state index contributed by atoms with van der Waals surface area (Å²) >= 11 is 0. The van der Waals surface area contributed by atoms with Crippen LogP contribution in [0, 0.1) is 11.6 Å². The molecule has 34 heavy (non-hydrogen) atoms. The third-order valence-corrected chi connectivity index (χ3v) is 9.18. The zero-order valence-electron chi connectivity index (χ0n) is 19.1. The Morgan fingerprint density at radius 1 is 1.09 bits per heavy atom. The molecule has 1 heterocycles. The van der Waals surface area contributed by atoms with Gasteiger partial charge in [-0.3, -0.25) is 4.79 Å². The van der Waals surface area contributed by atoms with Crippen LogP contribution in [0.5, 0.6) is 0 Å². The number of nitrogens with one attached hydrogen (secondary N) is 1. The highest BCUT2D eigenvalue weighted by Gasteiger charge is 2.41. The molecule has 184 valence electrons. The van der Waals surface area contributed by atoms with Crippen LogP contribution in [0.25, 0.3) is 0 Å². The highest BCUT2D eigenvalue weighted by molar-refractivity contribution is 7.89. The fraction of sp³-hybridized carbons (Fsp3) is 0.480. The third kappa shape index (κ3) is 5.16. The Labute approximate surface area is 199 Å². The minimum atomic E-state index is -3.79. The van der Waals surface area contributed by atoms with Gasteiger partial charge in [-0.15, -0.1) is 0 Å². The van der Waals surface area contributed by atoms with Crippen LogP contribution in [0.3, 0.4) is 0 Å². The molecule has 2 atom stereocenters. The van der Waals surface area contributed by atoms with E-state index in [-0.39, 0.29) is 36.2 Å². The van der Waals surface area contributed by atoms with E-state index < -0.39 is 38.9 Å². The summed E-state index contributed by atoms with van der Waals surface area (Å²) in [4.78, 5) is 12.2. The minimum Gasteiger partial charge on any atom is -0.393 e. The molecule has 1 saturated carbocycles. The lowest BCUT2D eigenvalue weighted by molar-refractivity contribution is -0.122. The molecular formula is C25H30F2N2O4S. The van der Waals surface area contributed by atoms with E-state index >= 15 is 0 Å². The van der Waals surface area contributed by atoms with Crippen molar-refractivity contribution in [1.29, 1.82) is 0 Å². The molecule has 1 aliphatic carbocycles. The fourth-order valence-electron chi connectivity index (χ4n) is 4.85. The number of carbonyl (C=O) groups excluding carboxylic acids is 1. The number of halogens is 2. The lowest BCUT2D eigenvalue weighted by Crippen LogP contribution is -2.47. The van der Waals surface area contributed by atoms with E-state index in [1.165, 1.54) is 4.31 Å². The van der Waals surface area contributed by atoms with Crippen LogP contribution < -0.4 is 5.32 Å². The van der Waals surface area contributed by atoms with E-state index in [0.29, 0.717) is 37.7 Å². The number of hydrogen-bond acceptors (Lipinski definition) is 4. The second kappa shape index (κ2) is 10.1. The quantitative estimate of drug-likeness (QED) is 0.619. The molecule has 0 bridgehead atoms. The molecule has 2 N–H and O–H groups in total. The van der Waals surface area contributed by atoms with Crippen LogP contribution >= 0.6 is 0 Å². The largest absolute Gasteiger partial charge is 0.393 e. The summed E-state index contributed by atoms with van der Waals surface area (Å²) < 4.78 is 58.1. The molecule has 0 radical (unpaired) electrons. The lowest BCUT2D eigenvalue weighted by atomic mass is 9.89. The molecule has 1 amide bonds. The van der Waals surface area contributed by atoms with Crippen molar-refractivity contribution in [3.63, 3.8) is 0 Å². The zero-order valence-corrected chi connectivity index (χ0v) is 19.9. The van der Waals surface area contributed by atoms with Gasteiger partial charge in [0, 0.05) is 29.8 Å². The van der Waals surface area contributed by atoms with E-state index in [1.54, 1.807) is 24.3 Å². The topological polar surface area (TPSA) is 86.7 Å². The van der Waals surface area contributed by atoms with Crippen molar-refractivity contribution < 1.29 is 27.1 Å². The van der Waals surface area contributed by atoms with Gasteiger partial charge in [0.15, 0.2) is 0 Å². The predicted molar refractivity (Wildman–Crippen MR) is 124 cm³/mol. The molecule has 0 aromatic heterocycles. The van der Waals surface area contributed by atoms with E-state index in [1.807, 2.05) is 13.0 Å². The molecule has 1 saturated heterocycles. The van der Waals surface area contributed by atoms with Crippen molar-refractivity contribution in [3.8, 4) is 0 Å². The minimum absolute atomic E-state index is 0.0560. The van der Waals surface area contributed by atoms with Crippen molar-refractivity contribution in [2.75, 3.05) is 0 Å². The monoisotopic (exact) mass is 492 g/mol. The van der Waals surface area contributed by atoms with Gasteiger partial charge in [-0.25, -0.2) is 17.2 Å². The maximum Gasteiger partial charge on any atom is 0.224 e. The van der Waals surface area contributed by atoms with E-state index in [0.717, 1.165) is 12.1 Å². The summed E-state index contributed by atoms with van der Waals surface area (Å²) in [7, 11) is -3.79. The molecule has 2 aromatic rings. The Morgan fingerprint density at radius 2 is 1.74 bits per heavy atom. The fourth-order valence-corrected chi connectivity index (χ4v) is 7.10. The zero-order chi connectivity index (χ0) is 24.5. The van der Waals surface area contributed by atoms with Crippen molar-refractivity contribution in [1.82, 2.24) is 9.62 Å². The highest BCUT2D eigenvalue weighted by Crippen LogP contribution is 2.39. The summed E-state index contributed by atoms with van der Waals surface area (Å²) in [5, 5.41) is 11.3. The smallest absolute Gasteiger partial charge is 0.224 e. The second-order valence-electron chi connectivity index (χ2n) is 9.23. The molecule has 1 aliphatic heterocycles. The summed E-state index contributed by atoms with van der Waals surface area (Å²) in [5.74, 6) is -1.93. The van der Waals surface area contributed by atoms with Gasteiger partial charge in [0.25, 0.3) is 0 Å². The van der Waals surface area contributed by atoms with Crippen LogP contribution in [0.1, 0.15) is 61.0 Å². The Kier molecular flexibility index (Phi) is 7.35. The number of rotatable bonds is 7. The van der Waals surface area contributed by atoms with E-state index in [4.69, 9.17) is 0 Å². The van der Waals surface area contributed by atoms with Gasteiger partial charge in [-0.05, 0) is 49.8 Å². The van der Waals surface area contributed by atoms with Crippen LogP contribution in [0.4, 0.5) is 8.78 Å². The Bertz CT molecular complexity index is 1140. The first-order valence-electron chi connectivity index (χ1n) is 11.7. The molecule has 2 aromatic carbocycles. The number of aliphatic hydroxyl groups excluding tert-OH is 1. The summed E-state index contributed by atoms with van der Waals surface area (Å²) in [5.41, 5.74) is 0.544. The molecule has 2 aliphatic rings. The normalized spacial score (nSPS) is 26.6. The Morgan fingerprint density at radius 3 is 2.38 bits per heavy atom. The summed E-state index contributed by atoms with van der Waals surface area (Å²) in [6, 6.07) is 10.5. The first-order chi connectivity index (χ1) is 16.2. The van der Waals surface area contributed by atoms with Crippen LogP contribution in [-0.2, 0) is 27.8 Å². The number of sulfonamides is 1. The number of carbonyl (C=O) groups is 1. The van der Waals surface area contributed by atoms with Crippen LogP contribution in [-0.4, -0.2) is 41.9 Å². The Hall–Kier alpha value is -2.36. The van der Waals surface area contributed by atoms with Gasteiger partial charge in [0.1, 0.15) is 16.9 Å². The average molecular weight is 493 g/mol. The SMILES string of the molecule is CCC1CCC(c2ccccc2)S(=O)(=O)N1Cc1cc(F)c(CC(=O)NC2CC(O)C2)cc1F. The van der Waals surface area contributed by atoms with Crippen LogP contribution in [0.2, 0.25) is 0 Å². The summed E-state index contributed by atoms with van der Waals surface area (Å²) in [6.07, 6.45) is 1.82. The average Bonchev–Trinajstić information content (AvgIpc) is 2.77. The molecular weight excluding hydrogens is 462 g/mol. The number of hydrogen-bond donors (Lipinski definition) is 2. The maximum absolute atomic E-state index is 15.0. The third-order valence-electron chi connectivity index (χ3n) is 6.87. The first kappa shape index (κ1) is 24.8. The summed E-state index contributed by atoms with van der Waals surface area (Å²) in [6.45, 7) is 1.62. The molecule has 0 spiro atoms. The van der Waals surface area contributed by atoms with E-state index in [2.05, 4.69) is 5.32 Å². The number of benzene rings is 2. The van der Waals surface area contributed by atoms with Gasteiger partial charge in [0.2, 0.25) is 15.9 Å².